The Hall–Kier alpha value is -2.54. The molecule has 1 aromatic carbocycles. The first-order valence-corrected chi connectivity index (χ1v) is 7.76. The van der Waals surface area contributed by atoms with Crippen molar-refractivity contribution in [2.45, 2.75) is 19.4 Å². The number of hydrogen-bond acceptors (Lipinski definition) is 6. The number of hydrogen-bond donors (Lipinski definition) is 1. The summed E-state index contributed by atoms with van der Waals surface area (Å²) in [5.74, 6) is 1.11. The van der Waals surface area contributed by atoms with Crippen molar-refractivity contribution < 1.29 is 23.9 Å². The number of methoxy groups -OCH3 is 2. The highest BCUT2D eigenvalue weighted by molar-refractivity contribution is 6.01. The van der Waals surface area contributed by atoms with E-state index < -0.39 is 6.10 Å². The number of rotatable bonds is 5. The lowest BCUT2D eigenvalue weighted by Gasteiger charge is -2.31. The van der Waals surface area contributed by atoms with Crippen LogP contribution in [0.2, 0.25) is 0 Å². The Bertz CT molecular complexity index is 749. The van der Waals surface area contributed by atoms with Gasteiger partial charge < -0.3 is 24.0 Å². The first kappa shape index (κ1) is 16.3. The molecule has 1 aliphatic rings. The second-order valence-corrected chi connectivity index (χ2v) is 5.66. The van der Waals surface area contributed by atoms with Gasteiger partial charge in [-0.25, -0.2) is 0 Å². The Morgan fingerprint density at radius 3 is 2.54 bits per heavy atom. The maximum absolute atomic E-state index is 12.7. The van der Waals surface area contributed by atoms with Gasteiger partial charge >= 0.3 is 0 Å². The molecule has 128 valence electrons. The van der Waals surface area contributed by atoms with Crippen molar-refractivity contribution in [1.29, 1.82) is 0 Å². The maximum atomic E-state index is 12.7. The smallest absolute Gasteiger partial charge is 0.259 e. The van der Waals surface area contributed by atoms with Gasteiger partial charge in [-0.15, -0.1) is 0 Å². The fraction of sp³-hybridized carbons (Fsp3) is 0.412. The second-order valence-electron chi connectivity index (χ2n) is 5.66. The van der Waals surface area contributed by atoms with E-state index in [0.717, 1.165) is 6.42 Å². The number of aliphatic hydroxyl groups is 1. The molecule has 0 spiro atoms. The highest BCUT2D eigenvalue weighted by Gasteiger charge is 2.32. The molecule has 2 aromatic rings. The van der Waals surface area contributed by atoms with E-state index in [-0.39, 0.29) is 11.7 Å². The molecule has 2 heterocycles. The van der Waals surface area contributed by atoms with Gasteiger partial charge in [0.25, 0.3) is 5.91 Å². The van der Waals surface area contributed by atoms with Crippen LogP contribution in [0, 0.1) is 0 Å². The number of aromatic nitrogens is 1. The molecule has 0 bridgehead atoms. The summed E-state index contributed by atoms with van der Waals surface area (Å²) in [6.07, 6.45) is 0.0545. The van der Waals surface area contributed by atoms with Crippen LogP contribution in [0.25, 0.3) is 11.3 Å². The zero-order valence-electron chi connectivity index (χ0n) is 13.9. The van der Waals surface area contributed by atoms with Crippen molar-refractivity contribution in [2.24, 2.45) is 0 Å². The highest BCUT2D eigenvalue weighted by Crippen LogP contribution is 2.36. The summed E-state index contributed by atoms with van der Waals surface area (Å²) in [5.41, 5.74) is 1.35. The Morgan fingerprint density at radius 2 is 2.00 bits per heavy atom. The molecule has 1 unspecified atom stereocenters. The van der Waals surface area contributed by atoms with E-state index in [4.69, 9.17) is 14.0 Å². The van der Waals surface area contributed by atoms with Gasteiger partial charge in [-0.3, -0.25) is 4.79 Å². The van der Waals surface area contributed by atoms with E-state index in [2.05, 4.69) is 5.16 Å². The minimum atomic E-state index is -0.924. The third-order valence-electron chi connectivity index (χ3n) is 4.11. The zero-order valence-corrected chi connectivity index (χ0v) is 13.9. The van der Waals surface area contributed by atoms with Gasteiger partial charge in [0.2, 0.25) is 0 Å². The number of likely N-dealkylation sites (tertiary alicyclic amines) is 1. The van der Waals surface area contributed by atoms with E-state index in [0.29, 0.717) is 41.4 Å². The molecular formula is C17H20N2O5. The molecular weight excluding hydrogens is 312 g/mol. The monoisotopic (exact) mass is 332 g/mol. The largest absolute Gasteiger partial charge is 0.493 e. The maximum Gasteiger partial charge on any atom is 0.259 e. The second kappa shape index (κ2) is 6.52. The van der Waals surface area contributed by atoms with E-state index in [1.165, 1.54) is 7.11 Å². The van der Waals surface area contributed by atoms with Crippen LogP contribution >= 0.6 is 0 Å². The minimum Gasteiger partial charge on any atom is -0.493 e. The van der Waals surface area contributed by atoms with Crippen molar-refractivity contribution >= 4 is 5.91 Å². The van der Waals surface area contributed by atoms with Crippen LogP contribution in [0.4, 0.5) is 0 Å². The number of amides is 1. The standard InChI is InChI=1S/C17H20N2O5/c1-10(20)16-14(17(21)19-7-4-8-19)15(18-24-16)11-5-6-12(22-2)13(9-11)23-3/h5-6,9-10,20H,4,7-8H2,1-3H3. The number of carbonyl (C=O) groups excluding carboxylic acids is 1. The van der Waals surface area contributed by atoms with Crippen molar-refractivity contribution in [1.82, 2.24) is 10.1 Å². The summed E-state index contributed by atoms with van der Waals surface area (Å²) in [5, 5.41) is 13.9. The molecule has 1 amide bonds. The molecule has 1 atom stereocenters. The van der Waals surface area contributed by atoms with Gasteiger partial charge in [0.05, 0.1) is 14.2 Å². The van der Waals surface area contributed by atoms with Crippen molar-refractivity contribution in [2.75, 3.05) is 27.3 Å². The van der Waals surface area contributed by atoms with Crippen LogP contribution in [0.15, 0.2) is 22.7 Å². The van der Waals surface area contributed by atoms with Gasteiger partial charge in [-0.1, -0.05) is 5.16 Å². The van der Waals surface area contributed by atoms with E-state index in [1.807, 2.05) is 0 Å². The van der Waals surface area contributed by atoms with E-state index >= 15 is 0 Å². The summed E-state index contributed by atoms with van der Waals surface area (Å²) >= 11 is 0. The zero-order chi connectivity index (χ0) is 17.3. The van der Waals surface area contributed by atoms with Crippen LogP contribution in [0.3, 0.4) is 0 Å². The summed E-state index contributed by atoms with van der Waals surface area (Å²) in [6, 6.07) is 5.25. The number of nitrogens with zero attached hydrogens (tertiary/aromatic N) is 2. The summed E-state index contributed by atoms with van der Waals surface area (Å²) < 4.78 is 15.8. The average molecular weight is 332 g/mol. The molecule has 0 aliphatic carbocycles. The summed E-state index contributed by atoms with van der Waals surface area (Å²) in [4.78, 5) is 14.5. The van der Waals surface area contributed by atoms with Gasteiger partial charge in [0, 0.05) is 18.7 Å². The predicted molar refractivity (Wildman–Crippen MR) is 86.2 cm³/mol. The first-order chi connectivity index (χ1) is 11.6. The Labute approximate surface area is 139 Å². The van der Waals surface area contributed by atoms with E-state index in [9.17, 15) is 9.90 Å². The predicted octanol–water partition coefficient (Wildman–Crippen LogP) is 2.26. The quantitative estimate of drug-likeness (QED) is 0.904. The molecule has 7 nitrogen and oxygen atoms in total. The summed E-state index contributed by atoms with van der Waals surface area (Å²) in [6.45, 7) is 2.95. The third-order valence-corrected chi connectivity index (χ3v) is 4.11. The van der Waals surface area contributed by atoms with Crippen molar-refractivity contribution in [3.05, 3.63) is 29.5 Å². The molecule has 7 heteroatoms. The molecule has 1 N–H and O–H groups in total. The molecule has 1 aliphatic heterocycles. The average Bonchev–Trinajstić information content (AvgIpc) is 2.97. The molecule has 24 heavy (non-hydrogen) atoms. The third kappa shape index (κ3) is 2.71. The van der Waals surface area contributed by atoms with Crippen LogP contribution in [0.1, 0.15) is 35.6 Å². The van der Waals surface area contributed by atoms with Gasteiger partial charge in [0.15, 0.2) is 17.3 Å². The SMILES string of the molecule is COc1ccc(-c2noc(C(C)O)c2C(=O)N2CCC2)cc1OC. The minimum absolute atomic E-state index is 0.177. The fourth-order valence-corrected chi connectivity index (χ4v) is 2.65. The van der Waals surface area contributed by atoms with Gasteiger partial charge in [0.1, 0.15) is 17.4 Å². The number of benzene rings is 1. The number of aliphatic hydroxyl groups excluding tert-OH is 1. The van der Waals surface area contributed by atoms with Crippen molar-refractivity contribution in [3.63, 3.8) is 0 Å². The number of ether oxygens (including phenoxy) is 2. The normalized spacial score (nSPS) is 14.9. The van der Waals surface area contributed by atoms with Crippen molar-refractivity contribution in [3.8, 4) is 22.8 Å². The van der Waals surface area contributed by atoms with Gasteiger partial charge in [-0.2, -0.15) is 0 Å². The molecule has 1 fully saturated rings. The molecule has 1 saturated heterocycles. The summed E-state index contributed by atoms with van der Waals surface area (Å²) in [7, 11) is 3.09. The Morgan fingerprint density at radius 1 is 1.29 bits per heavy atom. The molecule has 1 aromatic heterocycles. The van der Waals surface area contributed by atoms with Crippen LogP contribution < -0.4 is 9.47 Å². The lowest BCUT2D eigenvalue weighted by Crippen LogP contribution is -2.42. The van der Waals surface area contributed by atoms with E-state index in [1.54, 1.807) is 37.1 Å². The van der Waals surface area contributed by atoms with Gasteiger partial charge in [-0.05, 0) is 31.5 Å². The van der Waals surface area contributed by atoms with Crippen LogP contribution in [-0.4, -0.2) is 48.4 Å². The topological polar surface area (TPSA) is 85.0 Å². The lowest BCUT2D eigenvalue weighted by atomic mass is 10.0. The highest BCUT2D eigenvalue weighted by atomic mass is 16.5. The lowest BCUT2D eigenvalue weighted by molar-refractivity contribution is 0.0641. The Kier molecular flexibility index (Phi) is 4.44. The first-order valence-electron chi connectivity index (χ1n) is 7.76. The number of carbonyl (C=O) groups is 1. The Balaban J connectivity index is 2.09. The van der Waals surface area contributed by atoms with Crippen LogP contribution in [-0.2, 0) is 0 Å². The molecule has 0 saturated carbocycles. The molecule has 0 radical (unpaired) electrons. The fourth-order valence-electron chi connectivity index (χ4n) is 2.65. The van der Waals surface area contributed by atoms with Crippen LogP contribution in [0.5, 0.6) is 11.5 Å². The molecule has 3 rings (SSSR count).